The molecular formula is C15H14OS. The van der Waals surface area contributed by atoms with E-state index in [1.54, 1.807) is 11.8 Å². The van der Waals surface area contributed by atoms with Crippen LogP contribution in [-0.2, 0) is 6.42 Å². The van der Waals surface area contributed by atoms with Crippen molar-refractivity contribution >= 4 is 11.8 Å². The van der Waals surface area contributed by atoms with Crippen LogP contribution in [0.5, 0.6) is 0 Å². The Bertz CT molecular complexity index is 563. The first-order chi connectivity index (χ1) is 8.24. The molecule has 0 saturated heterocycles. The van der Waals surface area contributed by atoms with Crippen LogP contribution in [0.4, 0.5) is 0 Å². The number of fused-ring (bicyclic) bond motifs is 2. The fourth-order valence-electron chi connectivity index (χ4n) is 2.25. The van der Waals surface area contributed by atoms with Gasteiger partial charge in [-0.05, 0) is 30.2 Å². The molecule has 0 radical (unpaired) electrons. The van der Waals surface area contributed by atoms with Gasteiger partial charge < -0.3 is 5.11 Å². The van der Waals surface area contributed by atoms with Gasteiger partial charge in [0, 0.05) is 16.2 Å². The fourth-order valence-corrected chi connectivity index (χ4v) is 3.37. The molecule has 1 aliphatic rings. The van der Waals surface area contributed by atoms with E-state index in [2.05, 4.69) is 31.2 Å². The molecule has 2 aromatic rings. The molecule has 2 heteroatoms. The molecule has 0 bridgehead atoms. The van der Waals surface area contributed by atoms with Gasteiger partial charge in [-0.2, -0.15) is 0 Å². The molecule has 1 atom stereocenters. The first kappa shape index (κ1) is 10.9. The molecule has 0 amide bonds. The van der Waals surface area contributed by atoms with E-state index in [0.717, 1.165) is 5.56 Å². The van der Waals surface area contributed by atoms with Crippen molar-refractivity contribution in [1.29, 1.82) is 0 Å². The zero-order valence-corrected chi connectivity index (χ0v) is 10.5. The number of benzene rings is 2. The summed E-state index contributed by atoms with van der Waals surface area (Å²) in [5.41, 5.74) is 3.55. The van der Waals surface area contributed by atoms with Gasteiger partial charge in [-0.15, -0.1) is 0 Å². The number of aliphatic hydroxyl groups is 1. The molecule has 0 unspecified atom stereocenters. The molecule has 1 heterocycles. The van der Waals surface area contributed by atoms with Gasteiger partial charge >= 0.3 is 0 Å². The minimum atomic E-state index is -0.387. The van der Waals surface area contributed by atoms with E-state index in [1.165, 1.54) is 20.9 Å². The Labute approximate surface area is 105 Å². The second-order valence-corrected chi connectivity index (χ2v) is 5.55. The first-order valence-corrected chi connectivity index (χ1v) is 6.60. The van der Waals surface area contributed by atoms with E-state index in [1.807, 2.05) is 18.2 Å². The number of aryl methyl sites for hydroxylation is 1. The quantitative estimate of drug-likeness (QED) is 0.759. The Kier molecular flexibility index (Phi) is 2.69. The van der Waals surface area contributed by atoms with Crippen LogP contribution in [0.15, 0.2) is 52.3 Å². The summed E-state index contributed by atoms with van der Waals surface area (Å²) in [5, 5.41) is 10.3. The smallest absolute Gasteiger partial charge is 0.0841 e. The maximum absolute atomic E-state index is 10.3. The largest absolute Gasteiger partial charge is 0.388 e. The zero-order valence-electron chi connectivity index (χ0n) is 9.68. The summed E-state index contributed by atoms with van der Waals surface area (Å²) in [7, 11) is 0. The lowest BCUT2D eigenvalue weighted by atomic mass is 10.0. The molecule has 3 rings (SSSR count). The lowest BCUT2D eigenvalue weighted by molar-refractivity contribution is 0.175. The van der Waals surface area contributed by atoms with Crippen molar-refractivity contribution in [3.05, 3.63) is 59.2 Å². The second-order valence-electron chi connectivity index (χ2n) is 4.47. The van der Waals surface area contributed by atoms with Crippen molar-refractivity contribution in [2.75, 3.05) is 0 Å². The third kappa shape index (κ3) is 1.99. The summed E-state index contributed by atoms with van der Waals surface area (Å²) in [6.45, 7) is 2.09. The van der Waals surface area contributed by atoms with E-state index >= 15 is 0 Å². The highest BCUT2D eigenvalue weighted by atomic mass is 32.2. The molecule has 2 aromatic carbocycles. The predicted molar refractivity (Wildman–Crippen MR) is 70.4 cm³/mol. The molecule has 0 aromatic heterocycles. The van der Waals surface area contributed by atoms with Gasteiger partial charge in [0.1, 0.15) is 0 Å². The van der Waals surface area contributed by atoms with Gasteiger partial charge in [-0.25, -0.2) is 0 Å². The van der Waals surface area contributed by atoms with Gasteiger partial charge in [0.25, 0.3) is 0 Å². The zero-order chi connectivity index (χ0) is 11.8. The predicted octanol–water partition coefficient (Wildman–Crippen LogP) is 3.74. The summed E-state index contributed by atoms with van der Waals surface area (Å²) in [5.74, 6) is 0. The molecule has 86 valence electrons. The normalized spacial score (nSPS) is 18.1. The summed E-state index contributed by atoms with van der Waals surface area (Å²) in [4.78, 5) is 2.43. The third-order valence-electron chi connectivity index (χ3n) is 3.13. The van der Waals surface area contributed by atoms with E-state index in [9.17, 15) is 5.11 Å². The number of rotatable bonds is 0. The van der Waals surface area contributed by atoms with Gasteiger partial charge in [0.05, 0.1) is 6.10 Å². The maximum atomic E-state index is 10.3. The van der Waals surface area contributed by atoms with Crippen molar-refractivity contribution in [3.8, 4) is 0 Å². The van der Waals surface area contributed by atoms with Crippen molar-refractivity contribution in [3.63, 3.8) is 0 Å². The number of hydrogen-bond donors (Lipinski definition) is 1. The summed E-state index contributed by atoms with van der Waals surface area (Å²) in [6.07, 6.45) is 0.322. The monoisotopic (exact) mass is 242 g/mol. The Morgan fingerprint density at radius 1 is 1.12 bits per heavy atom. The Hall–Kier alpha value is -1.25. The van der Waals surface area contributed by atoms with Gasteiger partial charge in [0.15, 0.2) is 0 Å². The minimum Gasteiger partial charge on any atom is -0.388 e. The molecule has 0 fully saturated rings. The Morgan fingerprint density at radius 2 is 1.94 bits per heavy atom. The van der Waals surface area contributed by atoms with Crippen LogP contribution >= 0.6 is 11.8 Å². The Morgan fingerprint density at radius 3 is 2.82 bits per heavy atom. The average Bonchev–Trinajstić information content (AvgIpc) is 2.46. The second kappa shape index (κ2) is 4.21. The number of aliphatic hydroxyl groups excluding tert-OH is 1. The lowest BCUT2D eigenvalue weighted by Gasteiger charge is -2.10. The standard InChI is InChI=1S/C15H14OS/c1-10-6-7-14-11(8-10)9-13(16)12-4-2-3-5-15(12)17-14/h2-8,13,16H,9H2,1H3/t13-/m0/s1. The molecule has 1 aliphatic heterocycles. The summed E-state index contributed by atoms with van der Waals surface area (Å²) >= 11 is 1.76. The highest BCUT2D eigenvalue weighted by Crippen LogP contribution is 2.40. The van der Waals surface area contributed by atoms with Crippen molar-refractivity contribution < 1.29 is 5.11 Å². The highest BCUT2D eigenvalue weighted by Gasteiger charge is 2.20. The molecule has 17 heavy (non-hydrogen) atoms. The molecule has 1 N–H and O–H groups in total. The molecule has 0 saturated carbocycles. The molecular weight excluding hydrogens is 228 g/mol. The first-order valence-electron chi connectivity index (χ1n) is 5.78. The van der Waals surface area contributed by atoms with Crippen molar-refractivity contribution in [2.24, 2.45) is 0 Å². The topological polar surface area (TPSA) is 20.2 Å². The maximum Gasteiger partial charge on any atom is 0.0841 e. The van der Waals surface area contributed by atoms with Crippen LogP contribution in [0.25, 0.3) is 0 Å². The molecule has 0 spiro atoms. The summed E-state index contributed by atoms with van der Waals surface area (Å²) in [6, 6.07) is 14.6. The van der Waals surface area contributed by atoms with Gasteiger partial charge in [-0.1, -0.05) is 47.7 Å². The van der Waals surface area contributed by atoms with Crippen LogP contribution < -0.4 is 0 Å². The third-order valence-corrected chi connectivity index (χ3v) is 4.34. The molecule has 0 aliphatic carbocycles. The SMILES string of the molecule is Cc1ccc2c(c1)C[C@H](O)c1ccccc1S2. The van der Waals surface area contributed by atoms with E-state index in [0.29, 0.717) is 6.42 Å². The van der Waals surface area contributed by atoms with E-state index in [-0.39, 0.29) is 6.10 Å². The van der Waals surface area contributed by atoms with Gasteiger partial charge in [-0.3, -0.25) is 0 Å². The fraction of sp³-hybridized carbons (Fsp3) is 0.200. The number of hydrogen-bond acceptors (Lipinski definition) is 2. The molecule has 1 nitrogen and oxygen atoms in total. The van der Waals surface area contributed by atoms with Crippen LogP contribution in [0.2, 0.25) is 0 Å². The average molecular weight is 242 g/mol. The summed E-state index contributed by atoms with van der Waals surface area (Å²) < 4.78 is 0. The van der Waals surface area contributed by atoms with E-state index in [4.69, 9.17) is 0 Å². The minimum absolute atomic E-state index is 0.387. The van der Waals surface area contributed by atoms with Crippen LogP contribution in [0.3, 0.4) is 0 Å². The van der Waals surface area contributed by atoms with Crippen LogP contribution in [0, 0.1) is 6.92 Å². The van der Waals surface area contributed by atoms with Crippen LogP contribution in [0.1, 0.15) is 22.8 Å². The van der Waals surface area contributed by atoms with Crippen molar-refractivity contribution in [2.45, 2.75) is 29.2 Å². The van der Waals surface area contributed by atoms with Crippen LogP contribution in [-0.4, -0.2) is 5.11 Å². The highest BCUT2D eigenvalue weighted by molar-refractivity contribution is 7.99. The van der Waals surface area contributed by atoms with Crippen molar-refractivity contribution in [1.82, 2.24) is 0 Å². The lowest BCUT2D eigenvalue weighted by Crippen LogP contribution is -2.01. The Balaban J connectivity index is 2.13. The van der Waals surface area contributed by atoms with Gasteiger partial charge in [0.2, 0.25) is 0 Å². The van der Waals surface area contributed by atoms with E-state index < -0.39 is 0 Å².